The molecule has 3 N–H and O–H groups in total. The second kappa shape index (κ2) is 14.5. The third kappa shape index (κ3) is 8.23. The number of hydrogen-bond acceptors (Lipinski definition) is 6. The average molecular weight is 645 g/mol. The normalized spacial score (nSPS) is 17.2. The topological polar surface area (TPSA) is 108 Å². The minimum Gasteiger partial charge on any atom is -0.481 e. The van der Waals surface area contributed by atoms with Gasteiger partial charge in [-0.25, -0.2) is 0 Å². The average Bonchev–Trinajstić information content (AvgIpc) is 3.30. The van der Waals surface area contributed by atoms with Gasteiger partial charge in [-0.3, -0.25) is 14.4 Å². The number of thioether (sulfide) groups is 1. The van der Waals surface area contributed by atoms with Crippen LogP contribution in [-0.2, 0) is 27.3 Å². The SMILES string of the molecule is Cc1ccccc1CNC(=O)C1N(C(=O)C(O)C(Cc2ccccc2)NC(=O)COc2c(Cl)cccc2Cl)CSC1(C)C. The minimum absolute atomic E-state index is 0.160. The second-order valence-corrected chi connectivity index (χ2v) is 13.3. The number of amides is 3. The van der Waals surface area contributed by atoms with Crippen molar-refractivity contribution in [1.82, 2.24) is 15.5 Å². The lowest BCUT2D eigenvalue weighted by molar-refractivity contribution is -0.148. The van der Waals surface area contributed by atoms with Crippen molar-refractivity contribution < 1.29 is 24.2 Å². The predicted octanol–water partition coefficient (Wildman–Crippen LogP) is 4.77. The maximum atomic E-state index is 13.8. The van der Waals surface area contributed by atoms with Gasteiger partial charge in [0, 0.05) is 11.3 Å². The Morgan fingerprint density at radius 1 is 1.02 bits per heavy atom. The van der Waals surface area contributed by atoms with Gasteiger partial charge in [0.2, 0.25) is 5.91 Å². The molecule has 1 fully saturated rings. The highest BCUT2D eigenvalue weighted by Gasteiger charge is 2.49. The van der Waals surface area contributed by atoms with Crippen LogP contribution in [0.2, 0.25) is 10.0 Å². The summed E-state index contributed by atoms with van der Waals surface area (Å²) in [5.41, 5.74) is 2.83. The van der Waals surface area contributed by atoms with Crippen LogP contribution in [0.25, 0.3) is 0 Å². The zero-order valence-corrected chi connectivity index (χ0v) is 26.5. The molecule has 8 nitrogen and oxygen atoms in total. The molecule has 1 saturated heterocycles. The van der Waals surface area contributed by atoms with Gasteiger partial charge >= 0.3 is 0 Å². The van der Waals surface area contributed by atoms with Crippen molar-refractivity contribution in [3.63, 3.8) is 0 Å². The molecule has 3 atom stereocenters. The van der Waals surface area contributed by atoms with Crippen LogP contribution in [-0.4, -0.2) is 63.1 Å². The van der Waals surface area contributed by atoms with E-state index >= 15 is 0 Å². The van der Waals surface area contributed by atoms with E-state index in [0.29, 0.717) is 6.54 Å². The van der Waals surface area contributed by atoms with Gasteiger partial charge in [0.1, 0.15) is 6.04 Å². The van der Waals surface area contributed by atoms with E-state index in [1.54, 1.807) is 18.2 Å². The Hall–Kier alpha value is -3.24. The van der Waals surface area contributed by atoms with E-state index in [-0.39, 0.29) is 34.0 Å². The van der Waals surface area contributed by atoms with E-state index in [9.17, 15) is 19.5 Å². The quantitative estimate of drug-likeness (QED) is 0.278. The van der Waals surface area contributed by atoms with Gasteiger partial charge in [-0.1, -0.05) is 83.9 Å². The molecule has 43 heavy (non-hydrogen) atoms. The fourth-order valence-electron chi connectivity index (χ4n) is 4.96. The van der Waals surface area contributed by atoms with Crippen molar-refractivity contribution >= 4 is 52.7 Å². The molecular weight excluding hydrogens is 609 g/mol. The number of aryl methyl sites for hydroxylation is 1. The molecule has 3 aromatic carbocycles. The standard InChI is InChI=1S/C32H35Cl2N3O5S/c1-20-10-7-8-13-22(20)17-35-30(40)29-32(2,3)43-19-37(29)31(41)27(39)25(16-21-11-5-4-6-12-21)36-26(38)18-42-28-23(33)14-9-15-24(28)34/h4-15,25,27,29,39H,16-19H2,1-3H3,(H,35,40)(H,36,38). The summed E-state index contributed by atoms with van der Waals surface area (Å²) >= 11 is 13.8. The number of hydrogen-bond donors (Lipinski definition) is 3. The molecule has 11 heteroatoms. The summed E-state index contributed by atoms with van der Waals surface area (Å²) in [5, 5.41) is 17.6. The summed E-state index contributed by atoms with van der Waals surface area (Å²) in [6.07, 6.45) is -1.46. The molecule has 4 rings (SSSR count). The van der Waals surface area contributed by atoms with E-state index in [2.05, 4.69) is 10.6 Å². The lowest BCUT2D eigenvalue weighted by atomic mass is 9.97. The van der Waals surface area contributed by atoms with Crippen molar-refractivity contribution in [3.05, 3.63) is 99.5 Å². The Balaban J connectivity index is 1.49. The summed E-state index contributed by atoms with van der Waals surface area (Å²) in [7, 11) is 0. The van der Waals surface area contributed by atoms with Crippen LogP contribution in [0, 0.1) is 6.92 Å². The smallest absolute Gasteiger partial charge is 0.258 e. The fourth-order valence-corrected chi connectivity index (χ4v) is 6.61. The molecule has 0 bridgehead atoms. The fraction of sp³-hybridized carbons (Fsp3) is 0.344. The van der Waals surface area contributed by atoms with E-state index in [1.807, 2.05) is 75.4 Å². The Morgan fingerprint density at radius 2 is 1.67 bits per heavy atom. The number of aliphatic hydroxyl groups excluding tert-OH is 1. The number of ether oxygens (including phenoxy) is 1. The van der Waals surface area contributed by atoms with Gasteiger partial charge in [0.05, 0.1) is 22.0 Å². The number of carbonyl (C=O) groups excluding carboxylic acids is 3. The van der Waals surface area contributed by atoms with Gasteiger partial charge in [0.15, 0.2) is 18.5 Å². The number of halogens is 2. The zero-order chi connectivity index (χ0) is 31.1. The first-order chi connectivity index (χ1) is 20.5. The summed E-state index contributed by atoms with van der Waals surface area (Å²) in [6.45, 7) is 5.64. The molecule has 3 aromatic rings. The second-order valence-electron chi connectivity index (χ2n) is 10.9. The van der Waals surface area contributed by atoms with Crippen LogP contribution in [0.5, 0.6) is 5.75 Å². The third-order valence-corrected chi connectivity index (χ3v) is 9.31. The number of nitrogens with zero attached hydrogens (tertiary/aromatic N) is 1. The molecule has 3 amide bonds. The molecule has 0 saturated carbocycles. The molecule has 0 radical (unpaired) electrons. The van der Waals surface area contributed by atoms with Gasteiger partial charge in [0.25, 0.3) is 11.8 Å². The molecule has 228 valence electrons. The molecule has 0 aromatic heterocycles. The summed E-state index contributed by atoms with van der Waals surface area (Å²) in [6, 6.07) is 19.9. The van der Waals surface area contributed by atoms with E-state index in [0.717, 1.165) is 16.7 Å². The number of aliphatic hydroxyl groups is 1. The third-order valence-electron chi connectivity index (χ3n) is 7.34. The van der Waals surface area contributed by atoms with Gasteiger partial charge in [-0.05, 0) is 56.0 Å². The Morgan fingerprint density at radius 3 is 2.35 bits per heavy atom. The van der Waals surface area contributed by atoms with E-state index in [1.165, 1.54) is 16.7 Å². The molecule has 3 unspecified atom stereocenters. The molecular formula is C32H35Cl2N3O5S. The highest BCUT2D eigenvalue weighted by atomic mass is 35.5. The van der Waals surface area contributed by atoms with Crippen molar-refractivity contribution in [2.75, 3.05) is 12.5 Å². The first-order valence-corrected chi connectivity index (χ1v) is 15.6. The largest absolute Gasteiger partial charge is 0.481 e. The lowest BCUT2D eigenvalue weighted by Crippen LogP contribution is -2.59. The maximum Gasteiger partial charge on any atom is 0.258 e. The summed E-state index contributed by atoms with van der Waals surface area (Å²) in [4.78, 5) is 41.7. The van der Waals surface area contributed by atoms with Crippen LogP contribution in [0.1, 0.15) is 30.5 Å². The number of carbonyl (C=O) groups is 3. The van der Waals surface area contributed by atoms with Gasteiger partial charge in [-0.15, -0.1) is 11.8 Å². The first-order valence-electron chi connectivity index (χ1n) is 13.8. The van der Waals surface area contributed by atoms with Crippen LogP contribution in [0.3, 0.4) is 0 Å². The number of para-hydroxylation sites is 1. The van der Waals surface area contributed by atoms with E-state index in [4.69, 9.17) is 27.9 Å². The van der Waals surface area contributed by atoms with E-state index < -0.39 is 41.4 Å². The summed E-state index contributed by atoms with van der Waals surface area (Å²) < 4.78 is 4.95. The highest BCUT2D eigenvalue weighted by Crippen LogP contribution is 2.40. The van der Waals surface area contributed by atoms with Crippen molar-refractivity contribution in [2.45, 2.75) is 56.7 Å². The number of nitrogens with one attached hydrogen (secondary N) is 2. The van der Waals surface area contributed by atoms with Gasteiger partial charge < -0.3 is 25.4 Å². The number of benzene rings is 3. The van der Waals surface area contributed by atoms with Gasteiger partial charge in [-0.2, -0.15) is 0 Å². The molecule has 0 aliphatic carbocycles. The summed E-state index contributed by atoms with van der Waals surface area (Å²) in [5.74, 6) is -1.16. The minimum atomic E-state index is -1.63. The van der Waals surface area contributed by atoms with Crippen molar-refractivity contribution in [3.8, 4) is 5.75 Å². The van der Waals surface area contributed by atoms with Crippen molar-refractivity contribution in [1.29, 1.82) is 0 Å². The lowest BCUT2D eigenvalue weighted by Gasteiger charge is -2.33. The van der Waals surface area contributed by atoms with Crippen LogP contribution in [0.15, 0.2) is 72.8 Å². The Kier molecular flexibility index (Phi) is 11.0. The Bertz CT molecular complexity index is 1440. The van der Waals surface area contributed by atoms with Crippen LogP contribution >= 0.6 is 35.0 Å². The van der Waals surface area contributed by atoms with Crippen LogP contribution in [0.4, 0.5) is 0 Å². The van der Waals surface area contributed by atoms with Crippen LogP contribution < -0.4 is 15.4 Å². The number of rotatable bonds is 11. The molecule has 1 aliphatic rings. The molecule has 1 heterocycles. The Labute approximate surface area is 266 Å². The molecule has 1 aliphatic heterocycles. The first kappa shape index (κ1) is 32.7. The van der Waals surface area contributed by atoms with Crippen molar-refractivity contribution in [2.24, 2.45) is 0 Å². The highest BCUT2D eigenvalue weighted by molar-refractivity contribution is 8.00. The monoisotopic (exact) mass is 643 g/mol. The zero-order valence-electron chi connectivity index (χ0n) is 24.2. The maximum absolute atomic E-state index is 13.8. The predicted molar refractivity (Wildman–Crippen MR) is 170 cm³/mol. The molecule has 0 spiro atoms.